The zero-order valence-electron chi connectivity index (χ0n) is 13.2. The molecule has 0 unspecified atom stereocenters. The molecule has 0 atom stereocenters. The van der Waals surface area contributed by atoms with Gasteiger partial charge in [0.25, 0.3) is 0 Å². The molecule has 1 aromatic heterocycles. The lowest BCUT2D eigenvalue weighted by molar-refractivity contribution is -0.274. The van der Waals surface area contributed by atoms with E-state index >= 15 is 0 Å². The van der Waals surface area contributed by atoms with E-state index in [1.165, 1.54) is 12.1 Å². The van der Waals surface area contributed by atoms with E-state index in [4.69, 9.17) is 0 Å². The van der Waals surface area contributed by atoms with Crippen LogP contribution in [0.1, 0.15) is 25.3 Å². The fourth-order valence-electron chi connectivity index (χ4n) is 2.35. The van der Waals surface area contributed by atoms with Gasteiger partial charge in [-0.25, -0.2) is 0 Å². The highest BCUT2D eigenvalue weighted by atomic mass is 19.4. The van der Waals surface area contributed by atoms with Crippen molar-refractivity contribution in [3.8, 4) is 17.0 Å². The molecule has 0 bridgehead atoms. The Bertz CT molecular complexity index is 625. The molecule has 2 aromatic rings. The summed E-state index contributed by atoms with van der Waals surface area (Å²) in [5.74, 6) is -0.235. The van der Waals surface area contributed by atoms with Crippen LogP contribution < -0.4 is 4.74 Å². The standard InChI is InChI=1S/C16H20F3N3O/c1-3-4-9-22(2)11-12-10-20-21-15(12)13-7-5-6-8-14(13)23-16(17,18)19/h5-8,10H,3-4,9,11H2,1-2H3,(H,20,21). The van der Waals surface area contributed by atoms with Gasteiger partial charge in [0.1, 0.15) is 5.75 Å². The zero-order valence-corrected chi connectivity index (χ0v) is 13.2. The third-order valence-electron chi connectivity index (χ3n) is 3.43. The lowest BCUT2D eigenvalue weighted by Crippen LogP contribution is -2.19. The Balaban J connectivity index is 2.25. The number of ether oxygens (including phenoxy) is 1. The van der Waals surface area contributed by atoms with Crippen LogP contribution in [0.15, 0.2) is 30.5 Å². The van der Waals surface area contributed by atoms with Crippen LogP contribution in [0, 0.1) is 0 Å². The van der Waals surface area contributed by atoms with Crippen LogP contribution in [0.3, 0.4) is 0 Å². The molecule has 0 amide bonds. The molecule has 0 aliphatic heterocycles. The number of nitrogens with one attached hydrogen (secondary N) is 1. The molecule has 0 aliphatic rings. The van der Waals surface area contributed by atoms with Crippen LogP contribution in [-0.2, 0) is 6.54 Å². The average molecular weight is 327 g/mol. The number of H-pyrrole nitrogens is 1. The van der Waals surface area contributed by atoms with Crippen LogP contribution in [-0.4, -0.2) is 35.1 Å². The summed E-state index contributed by atoms with van der Waals surface area (Å²) in [5, 5.41) is 6.77. The molecule has 1 N–H and O–H groups in total. The summed E-state index contributed by atoms with van der Waals surface area (Å²) in [6.07, 6.45) is -0.932. The summed E-state index contributed by atoms with van der Waals surface area (Å²) in [5.41, 5.74) is 1.73. The van der Waals surface area contributed by atoms with Gasteiger partial charge in [0.2, 0.25) is 0 Å². The van der Waals surface area contributed by atoms with Gasteiger partial charge in [-0.1, -0.05) is 25.5 Å². The summed E-state index contributed by atoms with van der Waals surface area (Å²) in [6.45, 7) is 3.63. The van der Waals surface area contributed by atoms with E-state index in [0.29, 0.717) is 17.8 Å². The Hall–Kier alpha value is -2.02. The molecule has 126 valence electrons. The molecule has 1 heterocycles. The van der Waals surface area contributed by atoms with Crippen molar-refractivity contribution < 1.29 is 17.9 Å². The fourth-order valence-corrected chi connectivity index (χ4v) is 2.35. The van der Waals surface area contributed by atoms with Crippen LogP contribution in [0.4, 0.5) is 13.2 Å². The zero-order chi connectivity index (χ0) is 16.9. The second-order valence-corrected chi connectivity index (χ2v) is 5.41. The smallest absolute Gasteiger partial charge is 0.405 e. The number of alkyl halides is 3. The predicted octanol–water partition coefficient (Wildman–Crippen LogP) is 4.21. The average Bonchev–Trinajstić information content (AvgIpc) is 2.92. The minimum absolute atomic E-state index is 0.235. The van der Waals surface area contributed by atoms with Crippen molar-refractivity contribution >= 4 is 0 Å². The van der Waals surface area contributed by atoms with E-state index in [1.54, 1.807) is 18.3 Å². The topological polar surface area (TPSA) is 41.2 Å². The van der Waals surface area contributed by atoms with Crippen molar-refractivity contribution in [2.75, 3.05) is 13.6 Å². The number of halogens is 3. The first-order chi connectivity index (χ1) is 10.9. The Morgan fingerprint density at radius 1 is 1.26 bits per heavy atom. The summed E-state index contributed by atoms with van der Waals surface area (Å²) in [7, 11) is 1.98. The minimum atomic E-state index is -4.73. The van der Waals surface area contributed by atoms with E-state index in [-0.39, 0.29) is 5.75 Å². The van der Waals surface area contributed by atoms with E-state index in [9.17, 15) is 13.2 Å². The largest absolute Gasteiger partial charge is 0.573 e. The van der Waals surface area contributed by atoms with E-state index in [0.717, 1.165) is 24.9 Å². The monoisotopic (exact) mass is 327 g/mol. The van der Waals surface area contributed by atoms with Crippen molar-refractivity contribution in [1.29, 1.82) is 0 Å². The second kappa shape index (κ2) is 7.50. The number of rotatable bonds is 7. The van der Waals surface area contributed by atoms with E-state index in [2.05, 4.69) is 26.8 Å². The molecule has 0 fully saturated rings. The van der Waals surface area contributed by atoms with Gasteiger partial charge < -0.3 is 9.64 Å². The van der Waals surface area contributed by atoms with Crippen LogP contribution in [0.25, 0.3) is 11.3 Å². The molecule has 0 saturated heterocycles. The number of nitrogens with zero attached hydrogens (tertiary/aromatic N) is 2. The molecular formula is C16H20F3N3O. The highest BCUT2D eigenvalue weighted by Gasteiger charge is 2.32. The molecule has 0 aliphatic carbocycles. The van der Waals surface area contributed by atoms with Crippen LogP contribution in [0.5, 0.6) is 5.75 Å². The normalized spacial score (nSPS) is 11.9. The van der Waals surface area contributed by atoms with Gasteiger partial charge in [0.15, 0.2) is 0 Å². The van der Waals surface area contributed by atoms with Crippen LogP contribution in [0.2, 0.25) is 0 Å². The van der Waals surface area contributed by atoms with Gasteiger partial charge in [-0.05, 0) is 32.1 Å². The highest BCUT2D eigenvalue weighted by molar-refractivity contribution is 5.69. The Morgan fingerprint density at radius 3 is 2.70 bits per heavy atom. The van der Waals surface area contributed by atoms with Crippen molar-refractivity contribution in [2.45, 2.75) is 32.7 Å². The first-order valence-corrected chi connectivity index (χ1v) is 7.46. The predicted molar refractivity (Wildman–Crippen MR) is 81.9 cm³/mol. The van der Waals surface area contributed by atoms with Gasteiger partial charge in [0.05, 0.1) is 11.9 Å². The highest BCUT2D eigenvalue weighted by Crippen LogP contribution is 2.34. The van der Waals surface area contributed by atoms with E-state index in [1.807, 2.05) is 7.05 Å². The quantitative estimate of drug-likeness (QED) is 0.828. The molecule has 0 saturated carbocycles. The summed E-state index contributed by atoms with van der Waals surface area (Å²) in [4.78, 5) is 2.12. The maximum Gasteiger partial charge on any atom is 0.573 e. The number of hydrogen-bond donors (Lipinski definition) is 1. The number of hydrogen-bond acceptors (Lipinski definition) is 3. The van der Waals surface area contributed by atoms with Crippen molar-refractivity contribution in [3.05, 3.63) is 36.0 Å². The number of aromatic nitrogens is 2. The number of benzene rings is 1. The van der Waals surface area contributed by atoms with Crippen molar-refractivity contribution in [3.63, 3.8) is 0 Å². The molecular weight excluding hydrogens is 307 g/mol. The Kier molecular flexibility index (Phi) is 5.65. The first-order valence-electron chi connectivity index (χ1n) is 7.46. The summed E-state index contributed by atoms with van der Waals surface area (Å²) >= 11 is 0. The van der Waals surface area contributed by atoms with Gasteiger partial charge in [-0.2, -0.15) is 5.10 Å². The van der Waals surface area contributed by atoms with Crippen molar-refractivity contribution in [2.24, 2.45) is 0 Å². The van der Waals surface area contributed by atoms with Gasteiger partial charge in [-0.15, -0.1) is 13.2 Å². The Labute approximate surface area is 133 Å². The Morgan fingerprint density at radius 2 is 2.00 bits per heavy atom. The third-order valence-corrected chi connectivity index (χ3v) is 3.43. The van der Waals surface area contributed by atoms with Crippen molar-refractivity contribution in [1.82, 2.24) is 15.1 Å². The maximum absolute atomic E-state index is 12.6. The molecule has 0 radical (unpaired) electrons. The summed E-state index contributed by atoms with van der Waals surface area (Å²) in [6, 6.07) is 6.07. The SMILES string of the molecule is CCCCN(C)Cc1cn[nH]c1-c1ccccc1OC(F)(F)F. The molecule has 23 heavy (non-hydrogen) atoms. The maximum atomic E-state index is 12.6. The molecule has 2 rings (SSSR count). The first kappa shape index (κ1) is 17.3. The number of para-hydroxylation sites is 1. The summed E-state index contributed by atoms with van der Waals surface area (Å²) < 4.78 is 41.8. The van der Waals surface area contributed by atoms with Gasteiger partial charge >= 0.3 is 6.36 Å². The molecule has 4 nitrogen and oxygen atoms in total. The molecule has 0 spiro atoms. The minimum Gasteiger partial charge on any atom is -0.405 e. The number of unbranched alkanes of at least 4 members (excludes halogenated alkanes) is 1. The lowest BCUT2D eigenvalue weighted by Gasteiger charge is -2.17. The molecule has 1 aromatic carbocycles. The van der Waals surface area contributed by atoms with Gasteiger partial charge in [-0.3, -0.25) is 5.10 Å². The van der Waals surface area contributed by atoms with Gasteiger partial charge in [0, 0.05) is 17.7 Å². The second-order valence-electron chi connectivity index (χ2n) is 5.41. The number of aromatic amines is 1. The van der Waals surface area contributed by atoms with Crippen LogP contribution >= 0.6 is 0 Å². The lowest BCUT2D eigenvalue weighted by atomic mass is 10.1. The van der Waals surface area contributed by atoms with E-state index < -0.39 is 6.36 Å². The molecule has 7 heteroatoms. The third kappa shape index (κ3) is 4.99. The fraction of sp³-hybridized carbons (Fsp3) is 0.438.